The molecule has 4 nitrogen and oxygen atoms in total. The second-order valence-electron chi connectivity index (χ2n) is 5.99. The van der Waals surface area contributed by atoms with Gasteiger partial charge in [-0.25, -0.2) is 0 Å². The molecule has 0 saturated heterocycles. The Hall–Kier alpha value is -2.62. The molecule has 0 heterocycles. The van der Waals surface area contributed by atoms with Crippen molar-refractivity contribution in [1.82, 2.24) is 0 Å². The van der Waals surface area contributed by atoms with Gasteiger partial charge in [-0.15, -0.1) is 0 Å². The number of hydrogen-bond acceptors (Lipinski definition) is 2. The van der Waals surface area contributed by atoms with Crippen molar-refractivity contribution in [2.24, 2.45) is 11.5 Å². The topological polar surface area (TPSA) is 99.7 Å². The van der Waals surface area contributed by atoms with Crippen molar-refractivity contribution in [1.29, 1.82) is 10.8 Å². The molecule has 0 aliphatic heterocycles. The minimum atomic E-state index is 0.125. The van der Waals surface area contributed by atoms with Crippen LogP contribution in [-0.2, 0) is 0 Å². The molecule has 0 unspecified atom stereocenters. The van der Waals surface area contributed by atoms with Crippen LogP contribution < -0.4 is 11.5 Å². The molecule has 0 spiro atoms. The molecule has 144 valence electrons. The molecule has 0 atom stereocenters. The van der Waals surface area contributed by atoms with Gasteiger partial charge in [0.2, 0.25) is 0 Å². The van der Waals surface area contributed by atoms with E-state index in [4.69, 9.17) is 22.3 Å². The summed E-state index contributed by atoms with van der Waals surface area (Å²) in [6, 6.07) is 12.0. The van der Waals surface area contributed by atoms with E-state index in [0.717, 1.165) is 5.56 Å². The van der Waals surface area contributed by atoms with Crippen LogP contribution in [0.5, 0.6) is 0 Å². The second-order valence-corrected chi connectivity index (χ2v) is 5.99. The van der Waals surface area contributed by atoms with Gasteiger partial charge >= 0.3 is 0 Å². The maximum Gasteiger partial charge on any atom is 0.122 e. The van der Waals surface area contributed by atoms with Gasteiger partial charge in [0.05, 0.1) is 5.84 Å². The summed E-state index contributed by atoms with van der Waals surface area (Å²) in [5, 5.41) is 13.4. The van der Waals surface area contributed by atoms with Crippen molar-refractivity contribution >= 4 is 11.7 Å². The summed E-state index contributed by atoms with van der Waals surface area (Å²) in [5.74, 6) is 0.292. The van der Waals surface area contributed by atoms with Crippen LogP contribution in [0.2, 0.25) is 0 Å². The summed E-state index contributed by atoms with van der Waals surface area (Å²) in [6.45, 7) is 16.2. The van der Waals surface area contributed by atoms with E-state index in [1.165, 1.54) is 34.7 Å². The van der Waals surface area contributed by atoms with E-state index in [-0.39, 0.29) is 11.7 Å². The normalized spacial score (nSPS) is 8.62. The van der Waals surface area contributed by atoms with Crippen LogP contribution in [0.3, 0.4) is 0 Å². The van der Waals surface area contributed by atoms with Gasteiger partial charge in [0.1, 0.15) is 5.84 Å². The van der Waals surface area contributed by atoms with Crippen LogP contribution >= 0.6 is 0 Å². The molecule has 2 aromatic carbocycles. The van der Waals surface area contributed by atoms with E-state index < -0.39 is 0 Å². The monoisotopic (exact) mass is 356 g/mol. The number of nitrogens with one attached hydrogen (secondary N) is 2. The molecule has 0 bridgehead atoms. The molecule has 4 heteroatoms. The van der Waals surface area contributed by atoms with Crippen LogP contribution in [0.4, 0.5) is 0 Å². The Morgan fingerprint density at radius 2 is 1.08 bits per heavy atom. The molecule has 0 amide bonds. The third-order valence-electron chi connectivity index (χ3n) is 3.43. The Balaban J connectivity index is 0. The van der Waals surface area contributed by atoms with Gasteiger partial charge < -0.3 is 11.5 Å². The molecule has 2 aromatic rings. The van der Waals surface area contributed by atoms with Gasteiger partial charge in [0.15, 0.2) is 0 Å². The van der Waals surface area contributed by atoms with Crippen LogP contribution in [-0.4, -0.2) is 11.7 Å². The number of rotatable bonds is 1. The maximum absolute atomic E-state index is 7.08. The zero-order valence-electron chi connectivity index (χ0n) is 17.6. The lowest BCUT2D eigenvalue weighted by Crippen LogP contribution is -2.10. The highest BCUT2D eigenvalue weighted by Gasteiger charge is 1.96. The lowest BCUT2D eigenvalue weighted by molar-refractivity contribution is 1.23. The molecule has 2 rings (SSSR count). The summed E-state index contributed by atoms with van der Waals surface area (Å²) >= 11 is 0. The zero-order valence-corrected chi connectivity index (χ0v) is 17.6. The summed E-state index contributed by atoms with van der Waals surface area (Å²) < 4.78 is 0. The molecule has 0 aliphatic rings. The standard InChI is InChI=1S/C10H14.C8H10N2.C2H6N2.C2H6/c1-7-5-8(2)10(4)9(3)6-7;1-6-2-4-7(5-3-6)8(9)10;1-2(3)4;1-2/h5-6H,1-4H3;2-5H,1H3,(H3,9,10);1H3,(H3,3,4);1-2H3. The van der Waals surface area contributed by atoms with Crippen molar-refractivity contribution in [3.05, 3.63) is 69.8 Å². The van der Waals surface area contributed by atoms with E-state index in [1.54, 1.807) is 0 Å². The number of aryl methyl sites for hydroxylation is 4. The van der Waals surface area contributed by atoms with Crippen molar-refractivity contribution in [3.63, 3.8) is 0 Å². The van der Waals surface area contributed by atoms with E-state index in [2.05, 4.69) is 39.8 Å². The molecular formula is C22H36N4. The van der Waals surface area contributed by atoms with Gasteiger partial charge in [-0.1, -0.05) is 61.4 Å². The lowest BCUT2D eigenvalue weighted by Gasteiger charge is -2.04. The summed E-state index contributed by atoms with van der Waals surface area (Å²) in [5.41, 5.74) is 17.5. The van der Waals surface area contributed by atoms with E-state index in [0.29, 0.717) is 0 Å². The van der Waals surface area contributed by atoms with Crippen LogP contribution in [0.1, 0.15) is 54.2 Å². The van der Waals surface area contributed by atoms with E-state index in [1.807, 2.05) is 45.0 Å². The number of benzene rings is 2. The Morgan fingerprint density at radius 3 is 1.38 bits per heavy atom. The highest BCUT2D eigenvalue weighted by Crippen LogP contribution is 2.13. The second kappa shape index (κ2) is 13.6. The first-order valence-electron chi connectivity index (χ1n) is 8.80. The van der Waals surface area contributed by atoms with Crippen molar-refractivity contribution in [2.45, 2.75) is 55.4 Å². The van der Waals surface area contributed by atoms with Gasteiger partial charge in [-0.2, -0.15) is 0 Å². The molecule has 0 radical (unpaired) electrons. The Morgan fingerprint density at radius 1 is 0.731 bits per heavy atom. The fourth-order valence-electron chi connectivity index (χ4n) is 1.99. The number of amidine groups is 2. The van der Waals surface area contributed by atoms with Gasteiger partial charge in [0.25, 0.3) is 0 Å². The molecule has 0 saturated carbocycles. The van der Waals surface area contributed by atoms with Crippen LogP contribution in [0.25, 0.3) is 0 Å². The summed E-state index contributed by atoms with van der Waals surface area (Å²) in [7, 11) is 0. The number of hydrogen-bond donors (Lipinski definition) is 4. The van der Waals surface area contributed by atoms with Crippen LogP contribution in [0, 0.1) is 45.4 Å². The minimum Gasteiger partial charge on any atom is -0.388 e. The first-order valence-corrected chi connectivity index (χ1v) is 8.80. The highest BCUT2D eigenvalue weighted by molar-refractivity contribution is 5.94. The average molecular weight is 357 g/mol. The molecule has 0 fully saturated rings. The van der Waals surface area contributed by atoms with E-state index >= 15 is 0 Å². The average Bonchev–Trinajstić information content (AvgIpc) is 2.55. The Bertz CT molecular complexity index is 659. The molecule has 26 heavy (non-hydrogen) atoms. The first kappa shape index (κ1) is 25.6. The molecule has 6 N–H and O–H groups in total. The lowest BCUT2D eigenvalue weighted by atomic mass is 10.0. The third kappa shape index (κ3) is 11.8. The zero-order chi connectivity index (χ0) is 20.9. The largest absolute Gasteiger partial charge is 0.388 e. The van der Waals surface area contributed by atoms with Gasteiger partial charge in [-0.05, 0) is 58.2 Å². The van der Waals surface area contributed by atoms with Crippen molar-refractivity contribution in [2.75, 3.05) is 0 Å². The fraction of sp³-hybridized carbons (Fsp3) is 0.364. The summed E-state index contributed by atoms with van der Waals surface area (Å²) in [4.78, 5) is 0. The van der Waals surface area contributed by atoms with E-state index in [9.17, 15) is 0 Å². The highest BCUT2D eigenvalue weighted by atomic mass is 14.7. The SMILES string of the molecule is CC.CC(=N)N.Cc1cc(C)c(C)c(C)c1.Cc1ccc(C(=N)N)cc1. The number of nitrogens with two attached hydrogens (primary N) is 2. The molecule has 0 aromatic heterocycles. The number of nitrogen functional groups attached to an aromatic ring is 1. The fourth-order valence-corrected chi connectivity index (χ4v) is 1.99. The Kier molecular flexibility index (Phi) is 13.4. The molecule has 0 aliphatic carbocycles. The quantitative estimate of drug-likeness (QED) is 0.418. The van der Waals surface area contributed by atoms with Crippen molar-refractivity contribution < 1.29 is 0 Å². The first-order chi connectivity index (χ1) is 12.0. The predicted octanol–water partition coefficient (Wildman–Crippen LogP) is 5.17. The van der Waals surface area contributed by atoms with Crippen molar-refractivity contribution in [3.8, 4) is 0 Å². The Labute approximate surface area is 159 Å². The maximum atomic E-state index is 7.08. The predicted molar refractivity (Wildman–Crippen MR) is 117 cm³/mol. The minimum absolute atomic E-state index is 0.125. The van der Waals surface area contributed by atoms with Crippen LogP contribution in [0.15, 0.2) is 36.4 Å². The molecular weight excluding hydrogens is 320 g/mol. The summed E-state index contributed by atoms with van der Waals surface area (Å²) in [6.07, 6.45) is 0. The van der Waals surface area contributed by atoms with Gasteiger partial charge in [0, 0.05) is 5.56 Å². The van der Waals surface area contributed by atoms with Gasteiger partial charge in [-0.3, -0.25) is 10.8 Å². The third-order valence-corrected chi connectivity index (χ3v) is 3.43. The smallest absolute Gasteiger partial charge is 0.122 e.